The summed E-state index contributed by atoms with van der Waals surface area (Å²) in [5.74, 6) is 0.881. The van der Waals surface area contributed by atoms with Gasteiger partial charge in [-0.25, -0.2) is 0 Å². The molecule has 0 radical (unpaired) electrons. The predicted octanol–water partition coefficient (Wildman–Crippen LogP) is 1.36. The first-order valence-electron chi connectivity index (χ1n) is 5.41. The van der Waals surface area contributed by atoms with Crippen LogP contribution in [0.5, 0.6) is 5.75 Å². The maximum atomic E-state index is 11.9. The van der Waals surface area contributed by atoms with Crippen LogP contribution in [0.25, 0.3) is 0 Å². The van der Waals surface area contributed by atoms with Crippen LogP contribution in [0, 0.1) is 6.92 Å². The SMILES string of the molecule is CNCC(=O)N1CCOc2cc(C)ccc21.Cl. The van der Waals surface area contributed by atoms with Gasteiger partial charge in [-0.1, -0.05) is 6.07 Å². The third kappa shape index (κ3) is 2.90. The standard InChI is InChI=1S/C12H16N2O2.ClH/c1-9-3-4-10-11(7-9)16-6-5-14(10)12(15)8-13-2;/h3-4,7,13H,5-6,8H2,1-2H3;1H. The molecule has 0 aliphatic carbocycles. The van der Waals surface area contributed by atoms with Crippen molar-refractivity contribution in [2.24, 2.45) is 0 Å². The van der Waals surface area contributed by atoms with E-state index < -0.39 is 0 Å². The van der Waals surface area contributed by atoms with Crippen molar-refractivity contribution >= 4 is 24.0 Å². The summed E-state index contributed by atoms with van der Waals surface area (Å²) in [6.07, 6.45) is 0. The van der Waals surface area contributed by atoms with Crippen LogP contribution in [-0.4, -0.2) is 32.7 Å². The summed E-state index contributed by atoms with van der Waals surface area (Å²) in [7, 11) is 1.77. The number of hydrogen-bond donors (Lipinski definition) is 1. The Labute approximate surface area is 107 Å². The van der Waals surface area contributed by atoms with Gasteiger partial charge in [0.25, 0.3) is 0 Å². The minimum atomic E-state index is 0. The zero-order chi connectivity index (χ0) is 11.5. The van der Waals surface area contributed by atoms with E-state index in [1.165, 1.54) is 0 Å². The van der Waals surface area contributed by atoms with Gasteiger partial charge in [-0.3, -0.25) is 4.79 Å². The summed E-state index contributed by atoms with van der Waals surface area (Å²) in [4.78, 5) is 13.6. The number of carbonyl (C=O) groups excluding carboxylic acids is 1. The van der Waals surface area contributed by atoms with Crippen LogP contribution in [0.4, 0.5) is 5.69 Å². The molecule has 94 valence electrons. The molecule has 1 aromatic rings. The Hall–Kier alpha value is -1.26. The normalized spacial score (nSPS) is 13.4. The predicted molar refractivity (Wildman–Crippen MR) is 70.2 cm³/mol. The van der Waals surface area contributed by atoms with Gasteiger partial charge < -0.3 is 15.0 Å². The van der Waals surface area contributed by atoms with Gasteiger partial charge >= 0.3 is 0 Å². The van der Waals surface area contributed by atoms with Crippen LogP contribution in [-0.2, 0) is 4.79 Å². The molecule has 0 aromatic heterocycles. The van der Waals surface area contributed by atoms with Gasteiger partial charge in [0.2, 0.25) is 5.91 Å². The van der Waals surface area contributed by atoms with Gasteiger partial charge in [0.15, 0.2) is 0 Å². The quantitative estimate of drug-likeness (QED) is 0.869. The van der Waals surface area contributed by atoms with E-state index in [1.54, 1.807) is 11.9 Å². The van der Waals surface area contributed by atoms with Crippen molar-refractivity contribution in [3.05, 3.63) is 23.8 Å². The number of halogens is 1. The topological polar surface area (TPSA) is 41.6 Å². The second-order valence-corrected chi connectivity index (χ2v) is 3.90. The second kappa shape index (κ2) is 5.89. The van der Waals surface area contributed by atoms with Gasteiger partial charge in [-0.2, -0.15) is 0 Å². The van der Waals surface area contributed by atoms with Gasteiger partial charge in [0, 0.05) is 0 Å². The summed E-state index contributed by atoms with van der Waals surface area (Å²) < 4.78 is 5.55. The first kappa shape index (κ1) is 13.8. The fourth-order valence-corrected chi connectivity index (χ4v) is 1.83. The molecule has 0 saturated carbocycles. The molecule has 5 heteroatoms. The van der Waals surface area contributed by atoms with Crippen LogP contribution >= 0.6 is 12.4 Å². The maximum absolute atomic E-state index is 11.9. The van der Waals surface area contributed by atoms with Gasteiger partial charge in [-0.05, 0) is 31.7 Å². The monoisotopic (exact) mass is 256 g/mol. The number of rotatable bonds is 2. The van der Waals surface area contributed by atoms with E-state index in [-0.39, 0.29) is 18.3 Å². The van der Waals surface area contributed by atoms with Crippen LogP contribution in [0.2, 0.25) is 0 Å². The number of hydrogen-bond acceptors (Lipinski definition) is 3. The van der Waals surface area contributed by atoms with E-state index >= 15 is 0 Å². The molecule has 1 N–H and O–H groups in total. The van der Waals surface area contributed by atoms with Gasteiger partial charge in [0.05, 0.1) is 18.8 Å². The molecule has 0 fully saturated rings. The number of fused-ring (bicyclic) bond motifs is 1. The lowest BCUT2D eigenvalue weighted by Crippen LogP contribution is -2.42. The molecular weight excluding hydrogens is 240 g/mol. The van der Waals surface area contributed by atoms with Crippen LogP contribution in [0.3, 0.4) is 0 Å². The van der Waals surface area contributed by atoms with Crippen molar-refractivity contribution in [3.8, 4) is 5.75 Å². The number of anilines is 1. The van der Waals surface area contributed by atoms with Crippen molar-refractivity contribution < 1.29 is 9.53 Å². The van der Waals surface area contributed by atoms with E-state index in [4.69, 9.17) is 4.74 Å². The van der Waals surface area contributed by atoms with E-state index in [2.05, 4.69) is 5.32 Å². The van der Waals surface area contributed by atoms with Crippen molar-refractivity contribution in [2.45, 2.75) is 6.92 Å². The Morgan fingerprint density at radius 2 is 2.29 bits per heavy atom. The first-order chi connectivity index (χ1) is 7.72. The van der Waals surface area contributed by atoms with Gasteiger partial charge in [0.1, 0.15) is 12.4 Å². The molecule has 0 saturated heterocycles. The number of aryl methyl sites for hydroxylation is 1. The average Bonchev–Trinajstić information content (AvgIpc) is 2.28. The highest BCUT2D eigenvalue weighted by molar-refractivity contribution is 5.96. The largest absolute Gasteiger partial charge is 0.490 e. The molecule has 17 heavy (non-hydrogen) atoms. The third-order valence-corrected chi connectivity index (χ3v) is 2.61. The Morgan fingerprint density at radius 3 is 3.00 bits per heavy atom. The maximum Gasteiger partial charge on any atom is 0.241 e. The van der Waals surface area contributed by atoms with Crippen molar-refractivity contribution in [1.82, 2.24) is 5.32 Å². The van der Waals surface area contributed by atoms with Crippen molar-refractivity contribution in [2.75, 3.05) is 31.6 Å². The molecule has 1 aliphatic heterocycles. The average molecular weight is 257 g/mol. The lowest BCUT2D eigenvalue weighted by Gasteiger charge is -2.29. The summed E-state index contributed by atoms with van der Waals surface area (Å²) in [6.45, 7) is 3.55. The van der Waals surface area contributed by atoms with Crippen LogP contribution < -0.4 is 15.0 Å². The van der Waals surface area contributed by atoms with Crippen molar-refractivity contribution in [1.29, 1.82) is 0 Å². The van der Waals surface area contributed by atoms with E-state index in [9.17, 15) is 4.79 Å². The third-order valence-electron chi connectivity index (χ3n) is 2.61. The molecule has 0 atom stereocenters. The second-order valence-electron chi connectivity index (χ2n) is 3.90. The first-order valence-corrected chi connectivity index (χ1v) is 5.41. The fraction of sp³-hybridized carbons (Fsp3) is 0.417. The molecule has 0 unspecified atom stereocenters. The molecule has 1 aromatic carbocycles. The lowest BCUT2D eigenvalue weighted by molar-refractivity contribution is -0.118. The highest BCUT2D eigenvalue weighted by atomic mass is 35.5. The Kier molecular flexibility index (Phi) is 4.78. The van der Waals surface area contributed by atoms with E-state index in [0.29, 0.717) is 19.7 Å². The molecule has 1 amide bonds. The number of likely N-dealkylation sites (N-methyl/N-ethyl adjacent to an activating group) is 1. The minimum absolute atomic E-state index is 0. The van der Waals surface area contributed by atoms with Crippen molar-refractivity contribution in [3.63, 3.8) is 0 Å². The molecule has 1 aliphatic rings. The Balaban J connectivity index is 0.00000144. The van der Waals surface area contributed by atoms with E-state index in [1.807, 2.05) is 25.1 Å². The minimum Gasteiger partial charge on any atom is -0.490 e. The van der Waals surface area contributed by atoms with Crippen LogP contribution in [0.15, 0.2) is 18.2 Å². The molecular formula is C12H17ClN2O2. The highest BCUT2D eigenvalue weighted by Crippen LogP contribution is 2.32. The molecule has 0 bridgehead atoms. The smallest absolute Gasteiger partial charge is 0.241 e. The highest BCUT2D eigenvalue weighted by Gasteiger charge is 2.22. The zero-order valence-corrected chi connectivity index (χ0v) is 10.8. The van der Waals surface area contributed by atoms with E-state index in [0.717, 1.165) is 17.0 Å². The lowest BCUT2D eigenvalue weighted by atomic mass is 10.1. The number of ether oxygens (including phenoxy) is 1. The summed E-state index contributed by atoms with van der Waals surface area (Å²) in [5, 5.41) is 2.87. The Bertz CT molecular complexity index is 409. The Morgan fingerprint density at radius 1 is 1.53 bits per heavy atom. The number of benzene rings is 1. The number of nitrogens with zero attached hydrogens (tertiary/aromatic N) is 1. The summed E-state index contributed by atoms with van der Waals surface area (Å²) in [6, 6.07) is 5.90. The van der Waals surface area contributed by atoms with Crippen LogP contribution in [0.1, 0.15) is 5.56 Å². The molecule has 2 rings (SSSR count). The fourth-order valence-electron chi connectivity index (χ4n) is 1.83. The summed E-state index contributed by atoms with van der Waals surface area (Å²) in [5.41, 5.74) is 2.01. The number of amides is 1. The molecule has 1 heterocycles. The zero-order valence-electron chi connectivity index (χ0n) is 10.0. The molecule has 0 spiro atoms. The molecule has 4 nitrogen and oxygen atoms in total. The number of nitrogens with one attached hydrogen (secondary N) is 1. The summed E-state index contributed by atoms with van der Waals surface area (Å²) >= 11 is 0. The van der Waals surface area contributed by atoms with Gasteiger partial charge in [-0.15, -0.1) is 12.4 Å². The number of carbonyl (C=O) groups is 1.